The topological polar surface area (TPSA) is 51.8 Å². The molecule has 0 aliphatic rings. The normalized spacial score (nSPS) is 10.7. The van der Waals surface area contributed by atoms with Gasteiger partial charge in [0.25, 0.3) is 0 Å². The van der Waals surface area contributed by atoms with E-state index < -0.39 is 0 Å². The molecule has 2 aromatic heterocycles. The zero-order valence-electron chi connectivity index (χ0n) is 10.1. The van der Waals surface area contributed by atoms with Gasteiger partial charge in [0, 0.05) is 29.0 Å². The Bertz CT molecular complexity index is 703. The zero-order chi connectivity index (χ0) is 12.5. The van der Waals surface area contributed by atoms with Crippen LogP contribution in [-0.2, 0) is 0 Å². The van der Waals surface area contributed by atoms with E-state index in [1.165, 1.54) is 0 Å². The Morgan fingerprint density at radius 2 is 1.89 bits per heavy atom. The fraction of sp³-hybridized carbons (Fsp3) is 0.0667. The van der Waals surface area contributed by atoms with Crippen molar-refractivity contribution in [3.05, 3.63) is 54.4 Å². The van der Waals surface area contributed by atoms with Gasteiger partial charge in [-0.2, -0.15) is 0 Å². The van der Waals surface area contributed by atoms with Crippen LogP contribution in [0.3, 0.4) is 0 Å². The number of nitrogens with two attached hydrogens (primary N) is 1. The first-order valence-corrected chi connectivity index (χ1v) is 5.81. The van der Waals surface area contributed by atoms with Gasteiger partial charge in [0.1, 0.15) is 0 Å². The van der Waals surface area contributed by atoms with E-state index in [1.54, 1.807) is 6.20 Å². The van der Waals surface area contributed by atoms with Crippen LogP contribution < -0.4 is 5.73 Å². The van der Waals surface area contributed by atoms with Crippen LogP contribution >= 0.6 is 0 Å². The van der Waals surface area contributed by atoms with Gasteiger partial charge in [-0.05, 0) is 36.8 Å². The molecule has 3 heteroatoms. The molecule has 0 radical (unpaired) electrons. The highest BCUT2D eigenvalue weighted by molar-refractivity contribution is 5.92. The third-order valence-electron chi connectivity index (χ3n) is 2.98. The van der Waals surface area contributed by atoms with Crippen molar-refractivity contribution in [1.82, 2.24) is 9.97 Å². The third kappa shape index (κ3) is 1.80. The van der Waals surface area contributed by atoms with E-state index in [-0.39, 0.29) is 0 Å². The molecule has 2 heterocycles. The lowest BCUT2D eigenvalue weighted by atomic mass is 10.1. The number of fused-ring (bicyclic) bond motifs is 1. The number of anilines is 1. The Labute approximate surface area is 105 Å². The van der Waals surface area contributed by atoms with Crippen LogP contribution in [0.5, 0.6) is 0 Å². The lowest BCUT2D eigenvalue weighted by Crippen LogP contribution is -1.90. The second-order valence-electron chi connectivity index (χ2n) is 4.35. The van der Waals surface area contributed by atoms with E-state index in [9.17, 15) is 0 Å². The Morgan fingerprint density at radius 3 is 2.67 bits per heavy atom. The first kappa shape index (κ1) is 10.7. The number of nitrogen functional groups attached to an aromatic ring is 1. The van der Waals surface area contributed by atoms with Crippen molar-refractivity contribution >= 4 is 16.6 Å². The van der Waals surface area contributed by atoms with Gasteiger partial charge in [-0.15, -0.1) is 0 Å². The monoisotopic (exact) mass is 235 g/mol. The van der Waals surface area contributed by atoms with Gasteiger partial charge < -0.3 is 5.73 Å². The van der Waals surface area contributed by atoms with Crippen molar-refractivity contribution in [3.8, 4) is 11.3 Å². The Balaban J connectivity index is 2.18. The summed E-state index contributed by atoms with van der Waals surface area (Å²) in [4.78, 5) is 8.71. The molecule has 0 aliphatic heterocycles. The van der Waals surface area contributed by atoms with Gasteiger partial charge in [0.05, 0.1) is 11.2 Å². The molecule has 0 aliphatic carbocycles. The number of benzene rings is 1. The summed E-state index contributed by atoms with van der Waals surface area (Å²) >= 11 is 0. The highest BCUT2D eigenvalue weighted by atomic mass is 14.7. The van der Waals surface area contributed by atoms with Crippen LogP contribution in [0.1, 0.15) is 5.56 Å². The van der Waals surface area contributed by atoms with E-state index in [4.69, 9.17) is 5.73 Å². The standard InChI is InChI=1S/C15H13N3/c1-10-2-4-14(18-9-10)11-3-5-15-12(8-11)13(16)6-7-17-15/h2-9H,1H3,(H2,16,17). The fourth-order valence-corrected chi connectivity index (χ4v) is 1.97. The number of pyridine rings is 2. The minimum absolute atomic E-state index is 0.744. The largest absolute Gasteiger partial charge is 0.398 e. The molecule has 88 valence electrons. The predicted octanol–water partition coefficient (Wildman–Crippen LogP) is 3.19. The maximum Gasteiger partial charge on any atom is 0.0723 e. The second kappa shape index (κ2) is 4.11. The molecule has 0 spiro atoms. The summed E-state index contributed by atoms with van der Waals surface area (Å²) < 4.78 is 0. The molecule has 0 fully saturated rings. The third-order valence-corrected chi connectivity index (χ3v) is 2.98. The summed E-state index contributed by atoms with van der Waals surface area (Å²) in [5, 5.41) is 0.970. The predicted molar refractivity (Wildman–Crippen MR) is 74.1 cm³/mol. The summed E-state index contributed by atoms with van der Waals surface area (Å²) in [7, 11) is 0. The molecule has 0 saturated carbocycles. The summed E-state index contributed by atoms with van der Waals surface area (Å²) in [6.45, 7) is 2.03. The van der Waals surface area contributed by atoms with Gasteiger partial charge in [-0.1, -0.05) is 12.1 Å². The molecule has 0 bridgehead atoms. The number of hydrogen-bond donors (Lipinski definition) is 1. The number of aromatic nitrogens is 2. The SMILES string of the molecule is Cc1ccc(-c2ccc3nccc(N)c3c2)nc1. The minimum Gasteiger partial charge on any atom is -0.398 e. The molecule has 18 heavy (non-hydrogen) atoms. The van der Waals surface area contributed by atoms with Crippen molar-refractivity contribution in [2.24, 2.45) is 0 Å². The maximum atomic E-state index is 5.97. The number of hydrogen-bond acceptors (Lipinski definition) is 3. The van der Waals surface area contributed by atoms with Crippen LogP contribution in [0.15, 0.2) is 48.8 Å². The van der Waals surface area contributed by atoms with Crippen molar-refractivity contribution in [3.63, 3.8) is 0 Å². The summed E-state index contributed by atoms with van der Waals surface area (Å²) in [5.74, 6) is 0. The molecule has 3 nitrogen and oxygen atoms in total. The summed E-state index contributed by atoms with van der Waals surface area (Å²) in [5.41, 5.74) is 10.8. The molecule has 0 amide bonds. The van der Waals surface area contributed by atoms with E-state index in [1.807, 2.05) is 43.5 Å². The fourth-order valence-electron chi connectivity index (χ4n) is 1.97. The first-order chi connectivity index (χ1) is 8.74. The highest BCUT2D eigenvalue weighted by Crippen LogP contribution is 2.25. The van der Waals surface area contributed by atoms with E-state index in [2.05, 4.69) is 16.0 Å². The lowest BCUT2D eigenvalue weighted by molar-refractivity contribution is 1.27. The molecule has 2 N–H and O–H groups in total. The van der Waals surface area contributed by atoms with Crippen LogP contribution in [0, 0.1) is 6.92 Å². The average Bonchev–Trinajstić information content (AvgIpc) is 2.40. The van der Waals surface area contributed by atoms with Crippen molar-refractivity contribution in [2.75, 3.05) is 5.73 Å². The second-order valence-corrected chi connectivity index (χ2v) is 4.35. The molecule has 0 saturated heterocycles. The van der Waals surface area contributed by atoms with Crippen LogP contribution in [0.2, 0.25) is 0 Å². The van der Waals surface area contributed by atoms with Crippen molar-refractivity contribution < 1.29 is 0 Å². The van der Waals surface area contributed by atoms with E-state index in [0.29, 0.717) is 0 Å². The van der Waals surface area contributed by atoms with Crippen LogP contribution in [0.25, 0.3) is 22.2 Å². The van der Waals surface area contributed by atoms with Gasteiger partial charge >= 0.3 is 0 Å². The van der Waals surface area contributed by atoms with Gasteiger partial charge in [0.2, 0.25) is 0 Å². The molecule has 3 rings (SSSR count). The molecular weight excluding hydrogens is 222 g/mol. The van der Waals surface area contributed by atoms with Gasteiger partial charge in [0.15, 0.2) is 0 Å². The number of rotatable bonds is 1. The van der Waals surface area contributed by atoms with Crippen molar-refractivity contribution in [1.29, 1.82) is 0 Å². The van der Waals surface area contributed by atoms with Crippen LogP contribution in [0.4, 0.5) is 5.69 Å². The van der Waals surface area contributed by atoms with Gasteiger partial charge in [-0.25, -0.2) is 0 Å². The Hall–Kier alpha value is -2.42. The Kier molecular flexibility index (Phi) is 2.45. The quantitative estimate of drug-likeness (QED) is 0.704. The van der Waals surface area contributed by atoms with E-state index >= 15 is 0 Å². The van der Waals surface area contributed by atoms with E-state index in [0.717, 1.165) is 33.4 Å². The number of nitrogens with zero attached hydrogens (tertiary/aromatic N) is 2. The summed E-state index contributed by atoms with van der Waals surface area (Å²) in [6, 6.07) is 11.9. The first-order valence-electron chi connectivity index (χ1n) is 5.81. The highest BCUT2D eigenvalue weighted by Gasteiger charge is 2.03. The molecule has 1 aromatic carbocycles. The number of aryl methyl sites for hydroxylation is 1. The smallest absolute Gasteiger partial charge is 0.0723 e. The van der Waals surface area contributed by atoms with Crippen molar-refractivity contribution in [2.45, 2.75) is 6.92 Å². The maximum absolute atomic E-state index is 5.97. The van der Waals surface area contributed by atoms with Gasteiger partial charge in [-0.3, -0.25) is 9.97 Å². The lowest BCUT2D eigenvalue weighted by Gasteiger charge is -2.05. The summed E-state index contributed by atoms with van der Waals surface area (Å²) in [6.07, 6.45) is 3.59. The molecule has 0 atom stereocenters. The molecular formula is C15H13N3. The minimum atomic E-state index is 0.744. The average molecular weight is 235 g/mol. The zero-order valence-corrected chi connectivity index (χ0v) is 10.1. The Morgan fingerprint density at radius 1 is 1.00 bits per heavy atom. The molecule has 0 unspecified atom stereocenters. The molecule has 3 aromatic rings. The van der Waals surface area contributed by atoms with Crippen LogP contribution in [-0.4, -0.2) is 9.97 Å².